The summed E-state index contributed by atoms with van der Waals surface area (Å²) in [5.74, 6) is -0.214. The molecule has 0 amide bonds. The van der Waals surface area contributed by atoms with E-state index in [9.17, 15) is 4.39 Å². The van der Waals surface area contributed by atoms with Crippen LogP contribution in [-0.2, 0) is 6.54 Å². The zero-order valence-corrected chi connectivity index (χ0v) is 10.9. The zero-order chi connectivity index (χ0) is 12.3. The second-order valence-electron chi connectivity index (χ2n) is 3.72. The molecule has 1 aromatic heterocycles. The number of hydrogen-bond acceptors (Lipinski definition) is 3. The van der Waals surface area contributed by atoms with Crippen molar-refractivity contribution in [2.45, 2.75) is 19.5 Å². The van der Waals surface area contributed by atoms with E-state index < -0.39 is 0 Å². The summed E-state index contributed by atoms with van der Waals surface area (Å²) in [7, 11) is 0. The highest BCUT2D eigenvalue weighted by molar-refractivity contribution is 7.15. The fourth-order valence-electron chi connectivity index (χ4n) is 1.50. The van der Waals surface area contributed by atoms with Gasteiger partial charge in [-0.15, -0.1) is 11.3 Å². The van der Waals surface area contributed by atoms with Gasteiger partial charge in [0.05, 0.1) is 6.20 Å². The highest BCUT2D eigenvalue weighted by atomic mass is 35.5. The van der Waals surface area contributed by atoms with Gasteiger partial charge >= 0.3 is 0 Å². The molecule has 0 saturated carbocycles. The van der Waals surface area contributed by atoms with Gasteiger partial charge < -0.3 is 5.32 Å². The Morgan fingerprint density at radius 3 is 3.00 bits per heavy atom. The Kier molecular flexibility index (Phi) is 4.10. The molecule has 1 heterocycles. The van der Waals surface area contributed by atoms with E-state index in [0.29, 0.717) is 10.9 Å². The molecular formula is C12H12ClFN2S. The van der Waals surface area contributed by atoms with Crippen LogP contribution in [-0.4, -0.2) is 4.98 Å². The number of nitrogens with zero attached hydrogens (tertiary/aromatic N) is 1. The van der Waals surface area contributed by atoms with Crippen LogP contribution in [0.4, 0.5) is 4.39 Å². The van der Waals surface area contributed by atoms with Crippen LogP contribution in [0.25, 0.3) is 0 Å². The highest BCUT2D eigenvalue weighted by Crippen LogP contribution is 2.19. The van der Waals surface area contributed by atoms with Gasteiger partial charge in [-0.25, -0.2) is 9.37 Å². The van der Waals surface area contributed by atoms with Crippen molar-refractivity contribution in [3.05, 3.63) is 51.2 Å². The molecule has 0 bridgehead atoms. The first-order valence-corrected chi connectivity index (χ1v) is 6.43. The Morgan fingerprint density at radius 1 is 1.53 bits per heavy atom. The van der Waals surface area contributed by atoms with E-state index in [0.717, 1.165) is 10.6 Å². The van der Waals surface area contributed by atoms with Crippen LogP contribution in [0.1, 0.15) is 23.5 Å². The highest BCUT2D eigenvalue weighted by Gasteiger charge is 2.07. The monoisotopic (exact) mass is 270 g/mol. The summed E-state index contributed by atoms with van der Waals surface area (Å²) >= 11 is 7.24. The maximum atomic E-state index is 13.0. The molecule has 1 unspecified atom stereocenters. The van der Waals surface area contributed by atoms with E-state index >= 15 is 0 Å². The zero-order valence-electron chi connectivity index (χ0n) is 9.28. The van der Waals surface area contributed by atoms with Crippen molar-refractivity contribution in [3.63, 3.8) is 0 Å². The first-order chi connectivity index (χ1) is 8.15. The molecule has 2 aromatic rings. The van der Waals surface area contributed by atoms with Gasteiger partial charge in [-0.3, -0.25) is 0 Å². The van der Waals surface area contributed by atoms with E-state index in [4.69, 9.17) is 11.6 Å². The molecule has 0 radical (unpaired) electrons. The minimum absolute atomic E-state index is 0.0772. The van der Waals surface area contributed by atoms with Crippen LogP contribution in [0.15, 0.2) is 30.5 Å². The van der Waals surface area contributed by atoms with E-state index in [-0.39, 0.29) is 11.9 Å². The molecule has 17 heavy (non-hydrogen) atoms. The van der Waals surface area contributed by atoms with Crippen LogP contribution in [0.2, 0.25) is 4.34 Å². The van der Waals surface area contributed by atoms with E-state index in [1.165, 1.54) is 23.5 Å². The third kappa shape index (κ3) is 3.49. The summed E-state index contributed by atoms with van der Waals surface area (Å²) in [6.45, 7) is 2.62. The number of benzene rings is 1. The predicted molar refractivity (Wildman–Crippen MR) is 68.8 cm³/mol. The molecule has 0 aliphatic carbocycles. The topological polar surface area (TPSA) is 24.9 Å². The molecule has 0 fully saturated rings. The number of hydrogen-bond donors (Lipinski definition) is 1. The van der Waals surface area contributed by atoms with E-state index in [1.807, 2.05) is 13.0 Å². The maximum Gasteiger partial charge on any atom is 0.123 e. The molecule has 0 spiro atoms. The SMILES string of the molecule is CC(NCc1ncc(Cl)s1)c1cccc(F)c1. The lowest BCUT2D eigenvalue weighted by Crippen LogP contribution is -2.17. The van der Waals surface area contributed by atoms with Gasteiger partial charge in [0.15, 0.2) is 0 Å². The Balaban J connectivity index is 1.95. The van der Waals surface area contributed by atoms with Gasteiger partial charge in [0.2, 0.25) is 0 Å². The van der Waals surface area contributed by atoms with Crippen molar-refractivity contribution in [3.8, 4) is 0 Å². The third-order valence-corrected chi connectivity index (χ3v) is 3.55. The molecule has 1 aromatic carbocycles. The fourth-order valence-corrected chi connectivity index (χ4v) is 2.41. The molecule has 1 atom stereocenters. The first-order valence-electron chi connectivity index (χ1n) is 5.24. The van der Waals surface area contributed by atoms with Gasteiger partial charge in [0.25, 0.3) is 0 Å². The van der Waals surface area contributed by atoms with E-state index in [2.05, 4.69) is 10.3 Å². The molecule has 0 saturated heterocycles. The Hall–Kier alpha value is -0.970. The van der Waals surface area contributed by atoms with Gasteiger partial charge in [0, 0.05) is 12.6 Å². The largest absolute Gasteiger partial charge is 0.304 e. The average molecular weight is 271 g/mol. The van der Waals surface area contributed by atoms with Gasteiger partial charge in [0.1, 0.15) is 15.2 Å². The minimum atomic E-state index is -0.214. The van der Waals surface area contributed by atoms with Crippen LogP contribution in [0.5, 0.6) is 0 Å². The molecule has 1 N–H and O–H groups in total. The first kappa shape index (κ1) is 12.5. The number of thiazole rings is 1. The van der Waals surface area contributed by atoms with Crippen molar-refractivity contribution in [2.75, 3.05) is 0 Å². The summed E-state index contributed by atoms with van der Waals surface area (Å²) in [5.41, 5.74) is 0.924. The van der Waals surface area contributed by atoms with E-state index in [1.54, 1.807) is 12.3 Å². The predicted octanol–water partition coefficient (Wildman–Crippen LogP) is 3.79. The van der Waals surface area contributed by atoms with Crippen LogP contribution in [0.3, 0.4) is 0 Å². The Bertz CT molecular complexity index is 501. The van der Waals surface area contributed by atoms with Gasteiger partial charge in [-0.05, 0) is 24.6 Å². The third-order valence-electron chi connectivity index (χ3n) is 2.43. The van der Waals surface area contributed by atoms with Crippen molar-refractivity contribution in [1.29, 1.82) is 0 Å². The summed E-state index contributed by atoms with van der Waals surface area (Å²) in [5, 5.41) is 4.21. The summed E-state index contributed by atoms with van der Waals surface area (Å²) < 4.78 is 13.7. The lowest BCUT2D eigenvalue weighted by molar-refractivity contribution is 0.564. The molecule has 0 aliphatic heterocycles. The van der Waals surface area contributed by atoms with Crippen molar-refractivity contribution in [1.82, 2.24) is 10.3 Å². The quantitative estimate of drug-likeness (QED) is 0.914. The molecule has 0 aliphatic rings. The van der Waals surface area contributed by atoms with Crippen LogP contribution < -0.4 is 5.32 Å². The Labute approximate surface area is 108 Å². The number of aromatic nitrogens is 1. The normalized spacial score (nSPS) is 12.6. The van der Waals surface area contributed by atoms with Crippen molar-refractivity contribution < 1.29 is 4.39 Å². The molecular weight excluding hydrogens is 259 g/mol. The number of nitrogens with one attached hydrogen (secondary N) is 1. The number of rotatable bonds is 4. The summed E-state index contributed by atoms with van der Waals surface area (Å²) in [6.07, 6.45) is 1.64. The van der Waals surface area contributed by atoms with Crippen molar-refractivity contribution >= 4 is 22.9 Å². The average Bonchev–Trinajstić information content (AvgIpc) is 2.72. The molecule has 90 valence electrons. The molecule has 5 heteroatoms. The minimum Gasteiger partial charge on any atom is -0.304 e. The second-order valence-corrected chi connectivity index (χ2v) is 5.46. The second kappa shape index (κ2) is 5.58. The molecule has 2 rings (SSSR count). The van der Waals surface area contributed by atoms with Crippen LogP contribution in [0, 0.1) is 5.82 Å². The van der Waals surface area contributed by atoms with Crippen molar-refractivity contribution in [2.24, 2.45) is 0 Å². The standard InChI is InChI=1S/C12H12ClFN2S/c1-8(9-3-2-4-10(14)5-9)15-7-12-16-6-11(13)17-12/h2-6,8,15H,7H2,1H3. The lowest BCUT2D eigenvalue weighted by Gasteiger charge is -2.13. The van der Waals surface area contributed by atoms with Crippen LogP contribution >= 0.6 is 22.9 Å². The fraction of sp³-hybridized carbons (Fsp3) is 0.250. The maximum absolute atomic E-state index is 13.0. The van der Waals surface area contributed by atoms with Gasteiger partial charge in [-0.1, -0.05) is 23.7 Å². The Morgan fingerprint density at radius 2 is 2.35 bits per heavy atom. The molecule has 2 nitrogen and oxygen atoms in total. The van der Waals surface area contributed by atoms with Gasteiger partial charge in [-0.2, -0.15) is 0 Å². The smallest absolute Gasteiger partial charge is 0.123 e. The summed E-state index contributed by atoms with van der Waals surface area (Å²) in [6, 6.07) is 6.66. The lowest BCUT2D eigenvalue weighted by atomic mass is 10.1. The summed E-state index contributed by atoms with van der Waals surface area (Å²) in [4.78, 5) is 4.15. The number of halogens is 2.